The van der Waals surface area contributed by atoms with Crippen LogP contribution in [0.4, 0.5) is 0 Å². The summed E-state index contributed by atoms with van der Waals surface area (Å²) in [5, 5.41) is 4.16. The van der Waals surface area contributed by atoms with Gasteiger partial charge in [0.25, 0.3) is 5.56 Å². The number of aromatic nitrogens is 1. The van der Waals surface area contributed by atoms with Crippen LogP contribution in [-0.2, 0) is 6.54 Å². The summed E-state index contributed by atoms with van der Waals surface area (Å²) >= 11 is 0. The van der Waals surface area contributed by atoms with Crippen molar-refractivity contribution in [3.8, 4) is 11.8 Å². The maximum absolute atomic E-state index is 11.8. The second-order valence-corrected chi connectivity index (χ2v) is 3.74. The Hall–Kier alpha value is -2.05. The highest BCUT2D eigenvalue weighted by Crippen LogP contribution is 2.09. The molecular formula is C14H14N2O. The van der Waals surface area contributed by atoms with Gasteiger partial charge in [-0.3, -0.25) is 4.79 Å². The predicted molar refractivity (Wildman–Crippen MR) is 69.7 cm³/mol. The third-order valence-corrected chi connectivity index (χ3v) is 2.54. The summed E-state index contributed by atoms with van der Waals surface area (Å²) in [6.07, 6.45) is 0. The fraction of sp³-hybridized carbons (Fsp3) is 0.214. The van der Waals surface area contributed by atoms with Crippen LogP contribution in [0.15, 0.2) is 35.1 Å². The summed E-state index contributed by atoms with van der Waals surface area (Å²) < 4.78 is 0. The molecule has 2 aromatic rings. The van der Waals surface area contributed by atoms with E-state index in [9.17, 15) is 4.79 Å². The van der Waals surface area contributed by atoms with E-state index in [-0.39, 0.29) is 5.56 Å². The van der Waals surface area contributed by atoms with Crippen LogP contribution in [0.2, 0.25) is 0 Å². The van der Waals surface area contributed by atoms with Gasteiger partial charge < -0.3 is 10.3 Å². The van der Waals surface area contributed by atoms with Gasteiger partial charge in [-0.2, -0.15) is 0 Å². The highest BCUT2D eigenvalue weighted by Gasteiger charge is 2.01. The quantitative estimate of drug-likeness (QED) is 0.617. The SMILES string of the molecule is CC#CCNCc1cc2ccccc2[nH]c1=O. The molecule has 1 heterocycles. The first-order valence-electron chi connectivity index (χ1n) is 5.52. The van der Waals surface area contributed by atoms with Crippen molar-refractivity contribution in [2.45, 2.75) is 13.5 Å². The third kappa shape index (κ3) is 2.74. The second-order valence-electron chi connectivity index (χ2n) is 3.74. The molecule has 86 valence electrons. The normalized spacial score (nSPS) is 9.94. The molecule has 0 radical (unpaired) electrons. The molecule has 0 unspecified atom stereocenters. The fourth-order valence-corrected chi connectivity index (χ4v) is 1.67. The van der Waals surface area contributed by atoms with E-state index in [1.54, 1.807) is 6.92 Å². The van der Waals surface area contributed by atoms with Crippen molar-refractivity contribution in [3.63, 3.8) is 0 Å². The van der Waals surface area contributed by atoms with Crippen molar-refractivity contribution >= 4 is 10.9 Å². The lowest BCUT2D eigenvalue weighted by atomic mass is 10.1. The zero-order valence-corrected chi connectivity index (χ0v) is 9.71. The Labute approximate surface area is 99.9 Å². The summed E-state index contributed by atoms with van der Waals surface area (Å²) in [6.45, 7) is 2.93. The molecule has 17 heavy (non-hydrogen) atoms. The van der Waals surface area contributed by atoms with E-state index in [0.717, 1.165) is 16.5 Å². The standard InChI is InChI=1S/C14H14N2O/c1-2-3-8-15-10-12-9-11-6-4-5-7-13(11)16-14(12)17/h4-7,9,15H,8,10H2,1H3,(H,16,17). The Bertz CT molecular complexity index is 632. The number of benzene rings is 1. The summed E-state index contributed by atoms with van der Waals surface area (Å²) in [6, 6.07) is 9.67. The van der Waals surface area contributed by atoms with Crippen LogP contribution < -0.4 is 10.9 Å². The highest BCUT2D eigenvalue weighted by atomic mass is 16.1. The van der Waals surface area contributed by atoms with Crippen LogP contribution in [0.1, 0.15) is 12.5 Å². The molecule has 2 N–H and O–H groups in total. The van der Waals surface area contributed by atoms with Crippen LogP contribution in [0.5, 0.6) is 0 Å². The molecule has 0 spiro atoms. The fourth-order valence-electron chi connectivity index (χ4n) is 1.67. The third-order valence-electron chi connectivity index (χ3n) is 2.54. The Balaban J connectivity index is 2.24. The molecule has 0 atom stereocenters. The Kier molecular flexibility index (Phi) is 3.59. The molecule has 1 aromatic heterocycles. The first-order chi connectivity index (χ1) is 8.31. The number of fused-ring (bicyclic) bond motifs is 1. The molecule has 0 aliphatic rings. The van der Waals surface area contributed by atoms with E-state index < -0.39 is 0 Å². The summed E-state index contributed by atoms with van der Waals surface area (Å²) in [7, 11) is 0. The zero-order chi connectivity index (χ0) is 12.1. The number of H-pyrrole nitrogens is 1. The smallest absolute Gasteiger partial charge is 0.252 e. The Morgan fingerprint density at radius 1 is 1.35 bits per heavy atom. The van der Waals surface area contributed by atoms with Crippen molar-refractivity contribution in [1.82, 2.24) is 10.3 Å². The molecule has 0 saturated heterocycles. The van der Waals surface area contributed by atoms with E-state index in [0.29, 0.717) is 13.1 Å². The molecular weight excluding hydrogens is 212 g/mol. The molecule has 1 aromatic carbocycles. The molecule has 0 fully saturated rings. The van der Waals surface area contributed by atoms with E-state index in [1.807, 2.05) is 30.3 Å². The van der Waals surface area contributed by atoms with Crippen LogP contribution >= 0.6 is 0 Å². The van der Waals surface area contributed by atoms with Gasteiger partial charge in [0.05, 0.1) is 6.54 Å². The summed E-state index contributed by atoms with van der Waals surface area (Å²) in [4.78, 5) is 14.6. The summed E-state index contributed by atoms with van der Waals surface area (Å²) in [5.41, 5.74) is 1.57. The number of aromatic amines is 1. The minimum atomic E-state index is -0.0411. The lowest BCUT2D eigenvalue weighted by Gasteiger charge is -2.03. The van der Waals surface area contributed by atoms with Gasteiger partial charge in [0.2, 0.25) is 0 Å². The van der Waals surface area contributed by atoms with E-state index in [1.165, 1.54) is 0 Å². The number of pyridine rings is 1. The number of nitrogens with one attached hydrogen (secondary N) is 2. The highest BCUT2D eigenvalue weighted by molar-refractivity contribution is 5.78. The van der Waals surface area contributed by atoms with Gasteiger partial charge in [-0.1, -0.05) is 24.1 Å². The van der Waals surface area contributed by atoms with E-state index in [4.69, 9.17) is 0 Å². The van der Waals surface area contributed by atoms with Crippen molar-refractivity contribution in [2.24, 2.45) is 0 Å². The van der Waals surface area contributed by atoms with Gasteiger partial charge in [-0.05, 0) is 24.4 Å². The molecule has 3 heteroatoms. The van der Waals surface area contributed by atoms with Gasteiger partial charge in [-0.25, -0.2) is 0 Å². The first kappa shape index (κ1) is 11.4. The topological polar surface area (TPSA) is 44.9 Å². The molecule has 0 amide bonds. The van der Waals surface area contributed by atoms with Crippen molar-refractivity contribution in [3.05, 3.63) is 46.2 Å². The number of hydrogen-bond acceptors (Lipinski definition) is 2. The van der Waals surface area contributed by atoms with Crippen molar-refractivity contribution < 1.29 is 0 Å². The number of hydrogen-bond donors (Lipinski definition) is 2. The Morgan fingerprint density at radius 3 is 3.00 bits per heavy atom. The van der Waals surface area contributed by atoms with Crippen LogP contribution in [0.3, 0.4) is 0 Å². The minimum Gasteiger partial charge on any atom is -0.322 e. The van der Waals surface area contributed by atoms with Gasteiger partial charge >= 0.3 is 0 Å². The van der Waals surface area contributed by atoms with Crippen molar-refractivity contribution in [1.29, 1.82) is 0 Å². The monoisotopic (exact) mass is 226 g/mol. The summed E-state index contributed by atoms with van der Waals surface area (Å²) in [5.74, 6) is 5.70. The van der Waals surface area contributed by atoms with Gasteiger partial charge in [0.15, 0.2) is 0 Å². The lowest BCUT2D eigenvalue weighted by molar-refractivity contribution is 0.762. The van der Waals surface area contributed by atoms with Gasteiger partial charge in [0.1, 0.15) is 0 Å². The number of rotatable bonds is 3. The van der Waals surface area contributed by atoms with E-state index >= 15 is 0 Å². The Morgan fingerprint density at radius 2 is 2.18 bits per heavy atom. The first-order valence-corrected chi connectivity index (χ1v) is 5.52. The average Bonchev–Trinajstić information content (AvgIpc) is 2.35. The predicted octanol–water partition coefficient (Wildman–Crippen LogP) is 1.64. The minimum absolute atomic E-state index is 0.0411. The van der Waals surface area contributed by atoms with Gasteiger partial charge in [-0.15, -0.1) is 5.92 Å². The lowest BCUT2D eigenvalue weighted by Crippen LogP contribution is -2.21. The van der Waals surface area contributed by atoms with Crippen LogP contribution in [0, 0.1) is 11.8 Å². The van der Waals surface area contributed by atoms with Crippen molar-refractivity contribution in [2.75, 3.05) is 6.54 Å². The molecule has 0 aliphatic heterocycles. The molecule has 0 bridgehead atoms. The molecule has 0 aliphatic carbocycles. The zero-order valence-electron chi connectivity index (χ0n) is 9.71. The van der Waals surface area contributed by atoms with E-state index in [2.05, 4.69) is 22.1 Å². The largest absolute Gasteiger partial charge is 0.322 e. The van der Waals surface area contributed by atoms with Gasteiger partial charge in [0, 0.05) is 17.6 Å². The maximum atomic E-state index is 11.8. The average molecular weight is 226 g/mol. The van der Waals surface area contributed by atoms with Crippen LogP contribution in [0.25, 0.3) is 10.9 Å². The molecule has 3 nitrogen and oxygen atoms in total. The maximum Gasteiger partial charge on any atom is 0.252 e. The number of para-hydroxylation sites is 1. The molecule has 0 saturated carbocycles. The van der Waals surface area contributed by atoms with Crippen LogP contribution in [-0.4, -0.2) is 11.5 Å². The molecule has 2 rings (SSSR count). The second kappa shape index (κ2) is 5.33.